The van der Waals surface area contributed by atoms with Gasteiger partial charge in [-0.2, -0.15) is 0 Å². The van der Waals surface area contributed by atoms with Gasteiger partial charge in [-0.05, 0) is 24.5 Å². The molecule has 0 fully saturated rings. The van der Waals surface area contributed by atoms with E-state index in [1.54, 1.807) is 24.7 Å². The summed E-state index contributed by atoms with van der Waals surface area (Å²) in [4.78, 5) is 28.4. The Labute approximate surface area is 162 Å². The summed E-state index contributed by atoms with van der Waals surface area (Å²) in [5.41, 5.74) is 6.37. The number of carbonyl (C=O) groups excluding carboxylic acids is 1. The zero-order chi connectivity index (χ0) is 19.8. The normalized spacial score (nSPS) is 11.1. The van der Waals surface area contributed by atoms with Gasteiger partial charge < -0.3 is 10.7 Å². The van der Waals surface area contributed by atoms with Gasteiger partial charge in [0, 0.05) is 46.9 Å². The molecule has 0 unspecified atom stereocenters. The molecule has 3 heterocycles. The molecule has 1 aromatic carbocycles. The summed E-state index contributed by atoms with van der Waals surface area (Å²) in [6, 6.07) is 3.75. The molecule has 6 nitrogen and oxygen atoms in total. The minimum Gasteiger partial charge on any atom is -0.396 e. The van der Waals surface area contributed by atoms with Gasteiger partial charge >= 0.3 is 0 Å². The van der Waals surface area contributed by atoms with Crippen LogP contribution in [0, 0.1) is 11.6 Å². The Bertz CT molecular complexity index is 1210. The number of nitrogens with two attached hydrogens (primary N) is 1. The third-order valence-corrected chi connectivity index (χ3v) is 4.84. The average Bonchev–Trinajstić information content (AvgIpc) is 3.14. The van der Waals surface area contributed by atoms with Crippen LogP contribution in [0.15, 0.2) is 48.1 Å². The summed E-state index contributed by atoms with van der Waals surface area (Å²) in [5.74, 6) is -2.87. The van der Waals surface area contributed by atoms with Crippen molar-refractivity contribution in [1.29, 1.82) is 0 Å². The van der Waals surface area contributed by atoms with Gasteiger partial charge in [-0.3, -0.25) is 4.79 Å². The van der Waals surface area contributed by atoms with Gasteiger partial charge in [0.25, 0.3) is 0 Å². The largest absolute Gasteiger partial charge is 0.396 e. The molecule has 0 spiro atoms. The lowest BCUT2D eigenvalue weighted by atomic mass is 10.0. The molecule has 0 radical (unpaired) electrons. The van der Waals surface area contributed by atoms with Crippen LogP contribution in [0.2, 0.25) is 0 Å². The van der Waals surface area contributed by atoms with Crippen molar-refractivity contribution in [2.45, 2.75) is 5.16 Å². The van der Waals surface area contributed by atoms with E-state index < -0.39 is 23.0 Å². The first-order chi connectivity index (χ1) is 13.5. The number of nitrogens with zero attached hydrogens (tertiary/aromatic N) is 3. The van der Waals surface area contributed by atoms with E-state index in [1.165, 1.54) is 18.0 Å². The van der Waals surface area contributed by atoms with Crippen molar-refractivity contribution < 1.29 is 13.6 Å². The molecule has 0 atom stereocenters. The maximum Gasteiger partial charge on any atom is 0.201 e. The molecule has 9 heteroatoms. The van der Waals surface area contributed by atoms with Crippen LogP contribution in [0.3, 0.4) is 0 Å². The quantitative estimate of drug-likeness (QED) is 0.235. The van der Waals surface area contributed by atoms with Crippen molar-refractivity contribution in [3.8, 4) is 11.1 Å². The number of aromatic amines is 1. The van der Waals surface area contributed by atoms with Crippen LogP contribution < -0.4 is 5.73 Å². The second-order valence-electron chi connectivity index (χ2n) is 5.94. The highest BCUT2D eigenvalue weighted by Crippen LogP contribution is 2.28. The summed E-state index contributed by atoms with van der Waals surface area (Å²) < 4.78 is 28.4. The second kappa shape index (κ2) is 7.01. The Kier molecular flexibility index (Phi) is 4.52. The molecule has 3 N–H and O–H groups in total. The number of carbonyl (C=O) groups is 1. The van der Waals surface area contributed by atoms with E-state index in [2.05, 4.69) is 19.9 Å². The van der Waals surface area contributed by atoms with E-state index in [4.69, 9.17) is 5.73 Å². The average molecular weight is 397 g/mol. The maximum atomic E-state index is 14.3. The van der Waals surface area contributed by atoms with Gasteiger partial charge in [0.05, 0.1) is 11.3 Å². The number of halogens is 2. The number of hydrogen-bond donors (Lipinski definition) is 2. The minimum absolute atomic E-state index is 0.0920. The Morgan fingerprint density at radius 1 is 1.11 bits per heavy atom. The van der Waals surface area contributed by atoms with E-state index in [-0.39, 0.29) is 11.3 Å². The predicted molar refractivity (Wildman–Crippen MR) is 103 cm³/mol. The molecular formula is C19H13F2N5OS. The van der Waals surface area contributed by atoms with E-state index >= 15 is 0 Å². The van der Waals surface area contributed by atoms with Crippen molar-refractivity contribution in [1.82, 2.24) is 19.9 Å². The van der Waals surface area contributed by atoms with Crippen LogP contribution >= 0.6 is 11.8 Å². The summed E-state index contributed by atoms with van der Waals surface area (Å²) in [6.45, 7) is 0. The number of anilines is 1. The Hall–Kier alpha value is -3.33. The number of ketones is 1. The molecular weight excluding hydrogens is 384 g/mol. The van der Waals surface area contributed by atoms with Crippen LogP contribution in [0.1, 0.15) is 15.9 Å². The number of fused-ring (bicyclic) bond motifs is 1. The second-order valence-corrected chi connectivity index (χ2v) is 6.71. The molecule has 4 aromatic rings. The lowest BCUT2D eigenvalue weighted by Gasteiger charge is -2.06. The Morgan fingerprint density at radius 2 is 1.82 bits per heavy atom. The first-order valence-corrected chi connectivity index (χ1v) is 9.33. The van der Waals surface area contributed by atoms with Crippen LogP contribution in [0.25, 0.3) is 22.2 Å². The molecule has 0 aliphatic carbocycles. The van der Waals surface area contributed by atoms with E-state index in [0.29, 0.717) is 27.3 Å². The molecule has 0 aliphatic rings. The number of nitrogen functional groups attached to an aromatic ring is 1. The van der Waals surface area contributed by atoms with E-state index in [1.807, 2.05) is 6.26 Å². The summed E-state index contributed by atoms with van der Waals surface area (Å²) in [7, 11) is 0. The van der Waals surface area contributed by atoms with Gasteiger partial charge in [-0.1, -0.05) is 11.8 Å². The Morgan fingerprint density at radius 3 is 2.54 bits per heavy atom. The van der Waals surface area contributed by atoms with Crippen LogP contribution in [0.4, 0.5) is 14.5 Å². The SMILES string of the molecule is CSc1ncc(-c2cnc3[nH]cc(C(=O)c4c(F)ccc(N)c4F)c3c2)cn1. The third kappa shape index (κ3) is 2.99. The van der Waals surface area contributed by atoms with Crippen molar-refractivity contribution in [2.75, 3.05) is 12.0 Å². The number of pyridine rings is 1. The number of nitrogens with one attached hydrogen (secondary N) is 1. The van der Waals surface area contributed by atoms with Gasteiger partial charge in [0.2, 0.25) is 5.78 Å². The number of rotatable bonds is 4. The first kappa shape index (κ1) is 18.1. The lowest BCUT2D eigenvalue weighted by molar-refractivity contribution is 0.103. The fourth-order valence-corrected chi connectivity index (χ4v) is 3.15. The molecule has 28 heavy (non-hydrogen) atoms. The molecule has 4 rings (SSSR count). The molecule has 0 aliphatic heterocycles. The third-order valence-electron chi connectivity index (χ3n) is 4.27. The summed E-state index contributed by atoms with van der Waals surface area (Å²) >= 11 is 1.42. The van der Waals surface area contributed by atoms with Gasteiger partial charge in [0.1, 0.15) is 11.5 Å². The number of H-pyrrole nitrogens is 1. The molecule has 0 bridgehead atoms. The smallest absolute Gasteiger partial charge is 0.201 e. The number of thioether (sulfide) groups is 1. The van der Waals surface area contributed by atoms with Gasteiger partial charge in [-0.25, -0.2) is 23.7 Å². The topological polar surface area (TPSA) is 97.5 Å². The monoisotopic (exact) mass is 397 g/mol. The molecule has 3 aromatic heterocycles. The standard InChI is InChI=1S/C19H13F2N5OS/c1-28-19-25-6-10(7-26-19)9-4-11-12(8-24-18(11)23-5-9)17(27)15-13(20)2-3-14(22)16(15)21/h2-8H,22H2,1H3,(H,23,24). The fraction of sp³-hybridized carbons (Fsp3) is 0.0526. The van der Waals surface area contributed by atoms with Crippen LogP contribution in [-0.2, 0) is 0 Å². The van der Waals surface area contributed by atoms with Crippen LogP contribution in [-0.4, -0.2) is 32.0 Å². The zero-order valence-corrected chi connectivity index (χ0v) is 15.3. The van der Waals surface area contributed by atoms with Crippen LogP contribution in [0.5, 0.6) is 0 Å². The van der Waals surface area contributed by atoms with Crippen molar-refractivity contribution >= 4 is 34.3 Å². The highest BCUT2D eigenvalue weighted by molar-refractivity contribution is 7.98. The molecule has 0 saturated carbocycles. The zero-order valence-electron chi connectivity index (χ0n) is 14.5. The summed E-state index contributed by atoms with van der Waals surface area (Å²) in [6.07, 6.45) is 8.14. The molecule has 0 saturated heterocycles. The van der Waals surface area contributed by atoms with Crippen molar-refractivity contribution in [3.05, 3.63) is 65.7 Å². The Balaban J connectivity index is 1.82. The maximum absolute atomic E-state index is 14.3. The predicted octanol–water partition coefficient (Wildman–Crippen LogP) is 3.83. The van der Waals surface area contributed by atoms with Crippen molar-refractivity contribution in [2.24, 2.45) is 0 Å². The summed E-state index contributed by atoms with van der Waals surface area (Å²) in [5, 5.41) is 1.06. The number of hydrogen-bond acceptors (Lipinski definition) is 6. The van der Waals surface area contributed by atoms with Crippen molar-refractivity contribution in [3.63, 3.8) is 0 Å². The fourth-order valence-electron chi connectivity index (χ4n) is 2.83. The molecule has 0 amide bonds. The number of benzene rings is 1. The lowest BCUT2D eigenvalue weighted by Crippen LogP contribution is -2.09. The highest BCUT2D eigenvalue weighted by atomic mass is 32.2. The minimum atomic E-state index is -1.08. The van der Waals surface area contributed by atoms with E-state index in [0.717, 1.165) is 12.1 Å². The number of aromatic nitrogens is 4. The van der Waals surface area contributed by atoms with Gasteiger partial charge in [-0.15, -0.1) is 0 Å². The molecule has 140 valence electrons. The highest BCUT2D eigenvalue weighted by Gasteiger charge is 2.24. The first-order valence-electron chi connectivity index (χ1n) is 8.11. The van der Waals surface area contributed by atoms with Gasteiger partial charge in [0.15, 0.2) is 11.0 Å². The van der Waals surface area contributed by atoms with E-state index in [9.17, 15) is 13.6 Å².